The molecule has 0 aromatic heterocycles. The standard InChI is InChI=1S/C18H28N4O.HI/c1-15-7-6-12-22(14-15)18(19-2)21-13-17(23)20-11-10-16-8-4-3-5-9-16;/h3-5,8-9,15H,6-7,10-14H2,1-2H3,(H,19,21)(H,20,23);1H. The summed E-state index contributed by atoms with van der Waals surface area (Å²) in [6.07, 6.45) is 3.31. The molecule has 1 aliphatic heterocycles. The SMILES string of the molecule is CN=C(NCC(=O)NCCc1ccccc1)N1CCCC(C)C1.I. The molecule has 0 saturated carbocycles. The minimum atomic E-state index is 0. The highest BCUT2D eigenvalue weighted by Crippen LogP contribution is 2.15. The maximum atomic E-state index is 12.0. The summed E-state index contributed by atoms with van der Waals surface area (Å²) in [5.41, 5.74) is 1.24. The Morgan fingerprint density at radius 3 is 2.71 bits per heavy atom. The van der Waals surface area contributed by atoms with Gasteiger partial charge in [0.2, 0.25) is 5.91 Å². The van der Waals surface area contributed by atoms with Gasteiger partial charge in [0, 0.05) is 26.7 Å². The summed E-state index contributed by atoms with van der Waals surface area (Å²) in [6.45, 7) is 5.21. The topological polar surface area (TPSA) is 56.7 Å². The van der Waals surface area contributed by atoms with Gasteiger partial charge in [0.25, 0.3) is 0 Å². The van der Waals surface area contributed by atoms with Gasteiger partial charge >= 0.3 is 0 Å². The molecule has 1 heterocycles. The van der Waals surface area contributed by atoms with Crippen molar-refractivity contribution in [1.29, 1.82) is 0 Å². The van der Waals surface area contributed by atoms with Gasteiger partial charge in [0.15, 0.2) is 5.96 Å². The predicted octanol–water partition coefficient (Wildman–Crippen LogP) is 2.27. The van der Waals surface area contributed by atoms with Crippen molar-refractivity contribution in [2.24, 2.45) is 10.9 Å². The van der Waals surface area contributed by atoms with Gasteiger partial charge in [-0.05, 0) is 30.7 Å². The molecule has 2 rings (SSSR count). The van der Waals surface area contributed by atoms with Crippen LogP contribution < -0.4 is 10.6 Å². The number of hydrogen-bond donors (Lipinski definition) is 2. The third-order valence-electron chi connectivity index (χ3n) is 4.15. The van der Waals surface area contributed by atoms with Gasteiger partial charge in [0.1, 0.15) is 0 Å². The molecule has 1 aromatic rings. The van der Waals surface area contributed by atoms with Crippen LogP contribution in [0.25, 0.3) is 0 Å². The molecule has 1 atom stereocenters. The molecule has 1 aliphatic rings. The Labute approximate surface area is 162 Å². The molecule has 1 aromatic carbocycles. The van der Waals surface area contributed by atoms with E-state index >= 15 is 0 Å². The van der Waals surface area contributed by atoms with Gasteiger partial charge in [-0.3, -0.25) is 9.79 Å². The number of nitrogens with zero attached hydrogens (tertiary/aromatic N) is 2. The number of carbonyl (C=O) groups excluding carboxylic acids is 1. The Kier molecular flexibility index (Phi) is 9.75. The lowest BCUT2D eigenvalue weighted by atomic mass is 10.0. The van der Waals surface area contributed by atoms with Crippen LogP contribution in [0.5, 0.6) is 0 Å². The van der Waals surface area contributed by atoms with Crippen LogP contribution in [-0.2, 0) is 11.2 Å². The number of hydrogen-bond acceptors (Lipinski definition) is 2. The second-order valence-electron chi connectivity index (χ2n) is 6.18. The smallest absolute Gasteiger partial charge is 0.239 e. The van der Waals surface area contributed by atoms with Crippen LogP contribution in [-0.4, -0.2) is 50.0 Å². The average Bonchev–Trinajstić information content (AvgIpc) is 2.56. The minimum absolute atomic E-state index is 0. The Bertz CT molecular complexity index is 521. The van der Waals surface area contributed by atoms with Crippen LogP contribution in [0.4, 0.5) is 0 Å². The highest BCUT2D eigenvalue weighted by atomic mass is 127. The van der Waals surface area contributed by atoms with Crippen LogP contribution in [0.1, 0.15) is 25.3 Å². The van der Waals surface area contributed by atoms with Gasteiger partial charge in [-0.1, -0.05) is 37.3 Å². The number of piperidine rings is 1. The van der Waals surface area contributed by atoms with Crippen molar-refractivity contribution >= 4 is 35.8 Å². The normalized spacial score (nSPS) is 17.8. The van der Waals surface area contributed by atoms with E-state index in [4.69, 9.17) is 0 Å². The highest BCUT2D eigenvalue weighted by molar-refractivity contribution is 14.0. The first kappa shape index (κ1) is 20.7. The zero-order valence-electron chi connectivity index (χ0n) is 14.6. The number of aliphatic imine (C=N–C) groups is 1. The molecule has 1 unspecified atom stereocenters. The predicted molar refractivity (Wildman–Crippen MR) is 110 cm³/mol. The summed E-state index contributed by atoms with van der Waals surface area (Å²) in [5, 5.41) is 6.12. The van der Waals surface area contributed by atoms with Crippen LogP contribution in [0.2, 0.25) is 0 Å². The molecular formula is C18H29IN4O. The number of carbonyl (C=O) groups is 1. The molecule has 1 amide bonds. The van der Waals surface area contributed by atoms with Crippen LogP contribution in [0.3, 0.4) is 0 Å². The van der Waals surface area contributed by atoms with E-state index in [1.807, 2.05) is 18.2 Å². The van der Waals surface area contributed by atoms with E-state index in [1.54, 1.807) is 7.05 Å². The number of benzene rings is 1. The van der Waals surface area contributed by atoms with Crippen LogP contribution in [0, 0.1) is 5.92 Å². The maximum Gasteiger partial charge on any atom is 0.239 e. The number of guanidine groups is 1. The van der Waals surface area contributed by atoms with E-state index in [0.29, 0.717) is 12.5 Å². The minimum Gasteiger partial charge on any atom is -0.354 e. The summed E-state index contributed by atoms with van der Waals surface area (Å²) in [5.74, 6) is 1.52. The van der Waals surface area contributed by atoms with E-state index in [2.05, 4.69) is 39.6 Å². The summed E-state index contributed by atoms with van der Waals surface area (Å²) in [4.78, 5) is 18.5. The van der Waals surface area contributed by atoms with Crippen molar-refractivity contribution in [3.8, 4) is 0 Å². The average molecular weight is 444 g/mol. The summed E-state index contributed by atoms with van der Waals surface area (Å²) in [6, 6.07) is 10.2. The van der Waals surface area contributed by atoms with Crippen LogP contribution >= 0.6 is 24.0 Å². The maximum absolute atomic E-state index is 12.0. The quantitative estimate of drug-likeness (QED) is 0.416. The first-order chi connectivity index (χ1) is 11.2. The first-order valence-corrected chi connectivity index (χ1v) is 8.45. The molecule has 0 spiro atoms. The number of nitrogens with one attached hydrogen (secondary N) is 2. The molecule has 24 heavy (non-hydrogen) atoms. The van der Waals surface area contributed by atoms with Crippen molar-refractivity contribution in [2.45, 2.75) is 26.2 Å². The van der Waals surface area contributed by atoms with E-state index < -0.39 is 0 Å². The lowest BCUT2D eigenvalue weighted by Crippen LogP contribution is -2.48. The molecule has 0 aliphatic carbocycles. The molecule has 0 bridgehead atoms. The second-order valence-corrected chi connectivity index (χ2v) is 6.18. The Morgan fingerprint density at radius 2 is 2.04 bits per heavy atom. The van der Waals surface area contributed by atoms with Crippen molar-refractivity contribution in [3.63, 3.8) is 0 Å². The monoisotopic (exact) mass is 444 g/mol. The fourth-order valence-electron chi connectivity index (χ4n) is 2.93. The summed E-state index contributed by atoms with van der Waals surface area (Å²) in [7, 11) is 1.77. The number of halogens is 1. The fraction of sp³-hybridized carbons (Fsp3) is 0.556. The summed E-state index contributed by atoms with van der Waals surface area (Å²) >= 11 is 0. The molecular weight excluding hydrogens is 415 g/mol. The van der Waals surface area contributed by atoms with Gasteiger partial charge in [-0.25, -0.2) is 0 Å². The fourth-order valence-corrected chi connectivity index (χ4v) is 2.93. The highest BCUT2D eigenvalue weighted by Gasteiger charge is 2.19. The lowest BCUT2D eigenvalue weighted by Gasteiger charge is -2.33. The van der Waals surface area contributed by atoms with Crippen molar-refractivity contribution < 1.29 is 4.79 Å². The molecule has 1 fully saturated rings. The Hall–Kier alpha value is -1.31. The van der Waals surface area contributed by atoms with E-state index in [1.165, 1.54) is 18.4 Å². The van der Waals surface area contributed by atoms with Gasteiger partial charge in [0.05, 0.1) is 6.54 Å². The van der Waals surface area contributed by atoms with E-state index in [-0.39, 0.29) is 36.4 Å². The third kappa shape index (κ3) is 7.07. The van der Waals surface area contributed by atoms with Gasteiger partial charge < -0.3 is 15.5 Å². The second kappa shape index (κ2) is 11.3. The molecule has 5 nitrogen and oxygen atoms in total. The first-order valence-electron chi connectivity index (χ1n) is 8.45. The molecule has 2 N–H and O–H groups in total. The lowest BCUT2D eigenvalue weighted by molar-refractivity contribution is -0.120. The Balaban J connectivity index is 0.00000288. The number of amides is 1. The number of rotatable bonds is 5. The molecule has 134 valence electrons. The van der Waals surface area contributed by atoms with Gasteiger partial charge in [-0.15, -0.1) is 24.0 Å². The van der Waals surface area contributed by atoms with Crippen molar-refractivity contribution in [2.75, 3.05) is 33.2 Å². The molecule has 1 saturated heterocycles. The Morgan fingerprint density at radius 1 is 1.29 bits per heavy atom. The number of likely N-dealkylation sites (tertiary alicyclic amines) is 1. The zero-order valence-corrected chi connectivity index (χ0v) is 17.0. The van der Waals surface area contributed by atoms with E-state index in [9.17, 15) is 4.79 Å². The van der Waals surface area contributed by atoms with Crippen LogP contribution in [0.15, 0.2) is 35.3 Å². The molecule has 0 radical (unpaired) electrons. The van der Waals surface area contributed by atoms with Crippen molar-refractivity contribution in [3.05, 3.63) is 35.9 Å². The van der Waals surface area contributed by atoms with Crippen molar-refractivity contribution in [1.82, 2.24) is 15.5 Å². The zero-order chi connectivity index (χ0) is 16.5. The third-order valence-corrected chi connectivity index (χ3v) is 4.15. The summed E-state index contributed by atoms with van der Waals surface area (Å²) < 4.78 is 0. The van der Waals surface area contributed by atoms with E-state index in [0.717, 1.165) is 25.5 Å². The largest absolute Gasteiger partial charge is 0.354 e. The van der Waals surface area contributed by atoms with Gasteiger partial charge in [-0.2, -0.15) is 0 Å². The molecule has 6 heteroatoms.